The molecule has 0 aliphatic carbocycles. The van der Waals surface area contributed by atoms with Crippen LogP contribution in [0.5, 0.6) is 5.75 Å². The molecule has 7 nitrogen and oxygen atoms in total. The van der Waals surface area contributed by atoms with Crippen LogP contribution >= 0.6 is 0 Å². The summed E-state index contributed by atoms with van der Waals surface area (Å²) in [6, 6.07) is 26.3. The van der Waals surface area contributed by atoms with Gasteiger partial charge < -0.3 is 28.4 Å². The standard InChI is InChI=1S/C30H32O7/c1-3-18-34-30-28(37-29(31)24-12-8-5-9-13-24)27(35-20-22-10-6-4-7-11-22)26(36-30)21-33-19-23-14-16-25(32-2)17-15-23/h3-17,26-28,30H,1,18-21H2,2H3/t26-,27-,28+,30+/m1/s1. The van der Waals surface area contributed by atoms with E-state index in [2.05, 4.69) is 6.58 Å². The van der Waals surface area contributed by atoms with E-state index >= 15 is 0 Å². The normalized spacial score (nSPS) is 20.9. The zero-order valence-corrected chi connectivity index (χ0v) is 20.9. The zero-order valence-electron chi connectivity index (χ0n) is 20.9. The van der Waals surface area contributed by atoms with E-state index in [0.29, 0.717) is 18.8 Å². The van der Waals surface area contributed by atoms with E-state index in [0.717, 1.165) is 16.9 Å². The molecule has 3 aromatic carbocycles. The van der Waals surface area contributed by atoms with Gasteiger partial charge in [-0.1, -0.05) is 66.7 Å². The molecule has 3 aromatic rings. The number of esters is 1. The van der Waals surface area contributed by atoms with Crippen molar-refractivity contribution in [3.05, 3.63) is 114 Å². The van der Waals surface area contributed by atoms with Crippen molar-refractivity contribution >= 4 is 5.97 Å². The van der Waals surface area contributed by atoms with Gasteiger partial charge in [-0.25, -0.2) is 4.79 Å². The van der Waals surface area contributed by atoms with Crippen molar-refractivity contribution in [3.63, 3.8) is 0 Å². The van der Waals surface area contributed by atoms with Crippen LogP contribution < -0.4 is 4.74 Å². The maximum absolute atomic E-state index is 12.9. The van der Waals surface area contributed by atoms with Gasteiger partial charge in [-0.05, 0) is 35.4 Å². The van der Waals surface area contributed by atoms with Crippen molar-refractivity contribution in [1.29, 1.82) is 0 Å². The lowest BCUT2D eigenvalue weighted by atomic mass is 10.1. The average molecular weight is 505 g/mol. The first-order valence-corrected chi connectivity index (χ1v) is 12.2. The molecule has 4 atom stereocenters. The Morgan fingerprint density at radius 2 is 1.54 bits per heavy atom. The number of hydrogen-bond acceptors (Lipinski definition) is 7. The van der Waals surface area contributed by atoms with Crippen molar-refractivity contribution in [3.8, 4) is 5.75 Å². The van der Waals surface area contributed by atoms with Gasteiger partial charge >= 0.3 is 5.97 Å². The number of benzene rings is 3. The van der Waals surface area contributed by atoms with Gasteiger partial charge in [-0.2, -0.15) is 0 Å². The molecule has 0 spiro atoms. The van der Waals surface area contributed by atoms with Crippen LogP contribution in [0.3, 0.4) is 0 Å². The molecular weight excluding hydrogens is 472 g/mol. The van der Waals surface area contributed by atoms with E-state index in [1.165, 1.54) is 0 Å². The predicted octanol–water partition coefficient (Wildman–Crippen LogP) is 4.95. The summed E-state index contributed by atoms with van der Waals surface area (Å²) in [4.78, 5) is 12.9. The Kier molecular flexibility index (Phi) is 9.85. The summed E-state index contributed by atoms with van der Waals surface area (Å²) in [5.41, 5.74) is 2.42. The fraction of sp³-hybridized carbons (Fsp3) is 0.300. The van der Waals surface area contributed by atoms with Crippen LogP contribution in [0, 0.1) is 0 Å². The van der Waals surface area contributed by atoms with Crippen molar-refractivity contribution in [1.82, 2.24) is 0 Å². The third-order valence-corrected chi connectivity index (χ3v) is 5.89. The minimum absolute atomic E-state index is 0.221. The zero-order chi connectivity index (χ0) is 25.9. The highest BCUT2D eigenvalue weighted by molar-refractivity contribution is 5.89. The molecule has 1 aliphatic heterocycles. The summed E-state index contributed by atoms with van der Waals surface area (Å²) in [6.07, 6.45) is -1.15. The first-order chi connectivity index (χ1) is 18.2. The fourth-order valence-corrected chi connectivity index (χ4v) is 4.00. The van der Waals surface area contributed by atoms with Gasteiger partial charge in [0.15, 0.2) is 12.4 Å². The molecule has 1 saturated heterocycles. The summed E-state index contributed by atoms with van der Waals surface area (Å²) >= 11 is 0. The Hall–Kier alpha value is -3.49. The Morgan fingerprint density at radius 3 is 2.22 bits per heavy atom. The molecular formula is C30H32O7. The monoisotopic (exact) mass is 504 g/mol. The maximum Gasteiger partial charge on any atom is 0.338 e. The van der Waals surface area contributed by atoms with E-state index in [9.17, 15) is 4.79 Å². The molecule has 37 heavy (non-hydrogen) atoms. The summed E-state index contributed by atoms with van der Waals surface area (Å²) in [7, 11) is 1.63. The van der Waals surface area contributed by atoms with Gasteiger partial charge in [-0.3, -0.25) is 0 Å². The van der Waals surface area contributed by atoms with Crippen molar-refractivity contribution in [2.45, 2.75) is 37.8 Å². The summed E-state index contributed by atoms with van der Waals surface area (Å²) < 4.78 is 35.4. The second kappa shape index (κ2) is 13.7. The van der Waals surface area contributed by atoms with Crippen LogP contribution in [0.25, 0.3) is 0 Å². The Bertz CT molecular complexity index is 1100. The van der Waals surface area contributed by atoms with Crippen molar-refractivity contribution < 1.29 is 33.2 Å². The first kappa shape index (κ1) is 26.6. The van der Waals surface area contributed by atoms with Crippen molar-refractivity contribution in [2.24, 2.45) is 0 Å². The van der Waals surface area contributed by atoms with Gasteiger partial charge in [0.2, 0.25) is 0 Å². The van der Waals surface area contributed by atoms with E-state index in [1.54, 1.807) is 37.5 Å². The Labute approximate surface area is 217 Å². The van der Waals surface area contributed by atoms with Crippen LogP contribution in [-0.2, 0) is 36.9 Å². The molecule has 0 aromatic heterocycles. The summed E-state index contributed by atoms with van der Waals surface area (Å²) in [5.74, 6) is 0.303. The van der Waals surface area contributed by atoms with Gasteiger partial charge in [0.25, 0.3) is 0 Å². The molecule has 7 heteroatoms. The minimum Gasteiger partial charge on any atom is -0.497 e. The largest absolute Gasteiger partial charge is 0.497 e. The smallest absolute Gasteiger partial charge is 0.338 e. The average Bonchev–Trinajstić information content (AvgIpc) is 3.27. The van der Waals surface area contributed by atoms with Crippen molar-refractivity contribution in [2.75, 3.05) is 20.3 Å². The second-order valence-corrected chi connectivity index (χ2v) is 8.53. The van der Waals surface area contributed by atoms with Gasteiger partial charge in [0, 0.05) is 0 Å². The molecule has 0 N–H and O–H groups in total. The molecule has 0 radical (unpaired) electrons. The lowest BCUT2D eigenvalue weighted by Crippen LogP contribution is -2.41. The second-order valence-electron chi connectivity index (χ2n) is 8.53. The summed E-state index contributed by atoms with van der Waals surface area (Å²) in [6.45, 7) is 4.86. The van der Waals surface area contributed by atoms with Gasteiger partial charge in [0.05, 0.1) is 39.1 Å². The highest BCUT2D eigenvalue weighted by atomic mass is 16.7. The predicted molar refractivity (Wildman–Crippen MR) is 138 cm³/mol. The highest BCUT2D eigenvalue weighted by Crippen LogP contribution is 2.30. The molecule has 0 saturated carbocycles. The Morgan fingerprint density at radius 1 is 0.865 bits per heavy atom. The SMILES string of the molecule is C=CCO[C@H]1O[C@H](COCc2ccc(OC)cc2)[C@@H](OCc2ccccc2)[C@@H]1OC(=O)c1ccccc1. The lowest BCUT2D eigenvalue weighted by molar-refractivity contribution is -0.167. The Balaban J connectivity index is 1.48. The molecule has 0 bridgehead atoms. The minimum atomic E-state index is -0.832. The topological polar surface area (TPSA) is 72.5 Å². The maximum atomic E-state index is 12.9. The van der Waals surface area contributed by atoms with Crippen LogP contribution in [0.15, 0.2) is 97.6 Å². The number of carbonyl (C=O) groups excluding carboxylic acids is 1. The van der Waals surface area contributed by atoms with E-state index in [1.807, 2.05) is 60.7 Å². The molecule has 0 unspecified atom stereocenters. The fourth-order valence-electron chi connectivity index (χ4n) is 4.00. The lowest BCUT2D eigenvalue weighted by Gasteiger charge is -2.24. The highest BCUT2D eigenvalue weighted by Gasteiger charge is 2.49. The number of rotatable bonds is 13. The molecule has 1 aliphatic rings. The quantitative estimate of drug-likeness (QED) is 0.241. The van der Waals surface area contributed by atoms with Gasteiger partial charge in [0.1, 0.15) is 18.0 Å². The molecule has 194 valence electrons. The van der Waals surface area contributed by atoms with Crippen LogP contribution in [0.2, 0.25) is 0 Å². The molecule has 4 rings (SSSR count). The van der Waals surface area contributed by atoms with E-state index in [4.69, 9.17) is 28.4 Å². The molecule has 1 heterocycles. The van der Waals surface area contributed by atoms with Gasteiger partial charge in [-0.15, -0.1) is 6.58 Å². The van der Waals surface area contributed by atoms with Crippen LogP contribution in [0.1, 0.15) is 21.5 Å². The number of carbonyl (C=O) groups is 1. The molecule has 1 fully saturated rings. The number of ether oxygens (including phenoxy) is 6. The number of methoxy groups -OCH3 is 1. The summed E-state index contributed by atoms with van der Waals surface area (Å²) in [5, 5.41) is 0. The van der Waals surface area contributed by atoms with Crippen LogP contribution in [0.4, 0.5) is 0 Å². The van der Waals surface area contributed by atoms with E-state index < -0.39 is 30.6 Å². The third-order valence-electron chi connectivity index (χ3n) is 5.89. The van der Waals surface area contributed by atoms with Crippen LogP contribution in [-0.4, -0.2) is 50.9 Å². The third kappa shape index (κ3) is 7.50. The molecule has 0 amide bonds. The number of hydrogen-bond donors (Lipinski definition) is 0. The first-order valence-electron chi connectivity index (χ1n) is 12.2. The van der Waals surface area contributed by atoms with E-state index in [-0.39, 0.29) is 13.2 Å².